The van der Waals surface area contributed by atoms with E-state index >= 15 is 0 Å². The number of likely N-dealkylation sites (N-methyl/N-ethyl adjacent to an activating group) is 1. The van der Waals surface area contributed by atoms with Crippen LogP contribution in [0.1, 0.15) is 6.42 Å². The molecule has 0 saturated carbocycles. The van der Waals surface area contributed by atoms with Crippen molar-refractivity contribution in [1.29, 1.82) is 0 Å². The zero-order valence-corrected chi connectivity index (χ0v) is 13.6. The Kier molecular flexibility index (Phi) is 3.73. The summed E-state index contributed by atoms with van der Waals surface area (Å²) < 4.78 is 26.9. The average molecular weight is 328 g/mol. The van der Waals surface area contributed by atoms with Gasteiger partial charge in [-0.3, -0.25) is 0 Å². The van der Waals surface area contributed by atoms with Gasteiger partial charge in [-0.15, -0.1) is 0 Å². The summed E-state index contributed by atoms with van der Waals surface area (Å²) in [6.45, 7) is 1.09. The summed E-state index contributed by atoms with van der Waals surface area (Å²) in [5, 5.41) is 1.64. The Morgan fingerprint density at radius 3 is 2.76 bits per heavy atom. The molecule has 1 fully saturated rings. The maximum Gasteiger partial charge on any atom is 0.258 e. The predicted molar refractivity (Wildman–Crippen MR) is 84.2 cm³/mol. The molecule has 0 unspecified atom stereocenters. The Bertz CT molecular complexity index is 770. The minimum Gasteiger partial charge on any atom is -0.345 e. The highest BCUT2D eigenvalue weighted by Crippen LogP contribution is 2.26. The Labute approximate surface area is 129 Å². The molecule has 5 nitrogen and oxygen atoms in total. The maximum absolute atomic E-state index is 12.7. The molecule has 1 aromatic carbocycles. The average Bonchev–Trinajstić information content (AvgIpc) is 3.05. The van der Waals surface area contributed by atoms with E-state index in [1.54, 1.807) is 28.6 Å². The van der Waals surface area contributed by atoms with Crippen molar-refractivity contribution in [3.8, 4) is 0 Å². The quantitative estimate of drug-likeness (QED) is 0.939. The Morgan fingerprint density at radius 2 is 2.10 bits per heavy atom. The number of benzene rings is 1. The minimum absolute atomic E-state index is 0.235. The molecule has 7 heteroatoms. The summed E-state index contributed by atoms with van der Waals surface area (Å²) in [6.07, 6.45) is 0.859. The van der Waals surface area contributed by atoms with Gasteiger partial charge < -0.3 is 9.88 Å². The largest absolute Gasteiger partial charge is 0.345 e. The van der Waals surface area contributed by atoms with Crippen LogP contribution in [0.25, 0.3) is 10.9 Å². The zero-order valence-electron chi connectivity index (χ0n) is 12.0. The van der Waals surface area contributed by atoms with Crippen LogP contribution < -0.4 is 0 Å². The number of hydrogen-bond donors (Lipinski definition) is 1. The van der Waals surface area contributed by atoms with Crippen LogP contribution in [0.5, 0.6) is 0 Å². The normalized spacial score (nSPS) is 20.7. The lowest BCUT2D eigenvalue weighted by atomic mass is 10.2. The van der Waals surface area contributed by atoms with Crippen LogP contribution in [0.4, 0.5) is 0 Å². The van der Waals surface area contributed by atoms with Crippen molar-refractivity contribution >= 4 is 32.5 Å². The van der Waals surface area contributed by atoms with Crippen molar-refractivity contribution in [1.82, 2.24) is 14.2 Å². The molecular weight excluding hydrogens is 310 g/mol. The van der Waals surface area contributed by atoms with Gasteiger partial charge in [0.15, 0.2) is 0 Å². The topological polar surface area (TPSA) is 56.4 Å². The number of nitrogens with zero attached hydrogens (tertiary/aromatic N) is 2. The molecule has 1 aromatic heterocycles. The van der Waals surface area contributed by atoms with Crippen LogP contribution >= 0.6 is 11.6 Å². The van der Waals surface area contributed by atoms with Crippen LogP contribution in [0.2, 0.25) is 5.02 Å². The van der Waals surface area contributed by atoms with Crippen molar-refractivity contribution in [2.24, 2.45) is 0 Å². The van der Waals surface area contributed by atoms with Crippen molar-refractivity contribution in [2.75, 3.05) is 27.2 Å². The molecule has 0 radical (unpaired) electrons. The fourth-order valence-electron chi connectivity index (χ4n) is 2.71. The molecule has 114 valence electrons. The van der Waals surface area contributed by atoms with Crippen molar-refractivity contribution in [3.05, 3.63) is 29.3 Å². The summed E-state index contributed by atoms with van der Waals surface area (Å²) in [6, 6.07) is 7.23. The fourth-order valence-corrected chi connectivity index (χ4v) is 4.39. The van der Waals surface area contributed by atoms with Crippen LogP contribution in [0, 0.1) is 0 Å². The molecule has 1 atom stereocenters. The second kappa shape index (κ2) is 5.28. The number of aromatic nitrogens is 1. The van der Waals surface area contributed by atoms with Gasteiger partial charge in [0.25, 0.3) is 10.0 Å². The van der Waals surface area contributed by atoms with Crippen LogP contribution in [0.3, 0.4) is 0 Å². The zero-order chi connectivity index (χ0) is 15.2. The molecular formula is C14H18ClN3O2S. The maximum atomic E-state index is 12.7. The van der Waals surface area contributed by atoms with E-state index in [2.05, 4.69) is 9.88 Å². The van der Waals surface area contributed by atoms with Gasteiger partial charge in [-0.25, -0.2) is 8.42 Å². The first-order valence-electron chi connectivity index (χ1n) is 6.83. The number of aromatic amines is 1. The van der Waals surface area contributed by atoms with E-state index in [1.165, 1.54) is 0 Å². The summed E-state index contributed by atoms with van der Waals surface area (Å²) in [5.41, 5.74) is 0.779. The smallest absolute Gasteiger partial charge is 0.258 e. The number of fused-ring (bicyclic) bond motifs is 1. The Balaban J connectivity index is 1.93. The highest BCUT2D eigenvalue weighted by molar-refractivity contribution is 7.89. The van der Waals surface area contributed by atoms with Crippen molar-refractivity contribution in [3.63, 3.8) is 0 Å². The van der Waals surface area contributed by atoms with E-state index in [0.717, 1.165) is 17.3 Å². The predicted octanol–water partition coefficient (Wildman–Crippen LogP) is 2.15. The van der Waals surface area contributed by atoms with E-state index < -0.39 is 10.0 Å². The minimum atomic E-state index is -3.47. The molecule has 1 aliphatic heterocycles. The molecule has 1 aliphatic rings. The second-order valence-corrected chi connectivity index (χ2v) is 7.98. The summed E-state index contributed by atoms with van der Waals surface area (Å²) in [5.74, 6) is 0. The van der Waals surface area contributed by atoms with Gasteiger partial charge >= 0.3 is 0 Å². The standard InChI is InChI=1S/C14H18ClN3O2S/c1-17(2)12-5-6-18(9-12)21(19,20)14-8-10-7-11(15)3-4-13(10)16-14/h3-4,7-8,12,16H,5-6,9H2,1-2H3/t12-/m1/s1. The Hall–Kier alpha value is -1.08. The Morgan fingerprint density at radius 1 is 1.33 bits per heavy atom. The van der Waals surface area contributed by atoms with Gasteiger partial charge in [-0.1, -0.05) is 11.6 Å². The van der Waals surface area contributed by atoms with Gasteiger partial charge in [0.05, 0.1) is 0 Å². The third-order valence-corrected chi connectivity index (χ3v) is 6.05. The molecule has 21 heavy (non-hydrogen) atoms. The highest BCUT2D eigenvalue weighted by Gasteiger charge is 2.34. The van der Waals surface area contributed by atoms with Crippen molar-refractivity contribution in [2.45, 2.75) is 17.5 Å². The molecule has 1 saturated heterocycles. The lowest BCUT2D eigenvalue weighted by Gasteiger charge is -2.19. The molecule has 0 spiro atoms. The fraction of sp³-hybridized carbons (Fsp3) is 0.429. The summed E-state index contributed by atoms with van der Waals surface area (Å²) in [7, 11) is 0.484. The highest BCUT2D eigenvalue weighted by atomic mass is 35.5. The van der Waals surface area contributed by atoms with E-state index in [1.807, 2.05) is 14.1 Å². The van der Waals surface area contributed by atoms with Crippen LogP contribution in [0.15, 0.2) is 29.3 Å². The van der Waals surface area contributed by atoms with E-state index in [0.29, 0.717) is 18.1 Å². The lowest BCUT2D eigenvalue weighted by Crippen LogP contribution is -2.34. The summed E-state index contributed by atoms with van der Waals surface area (Å²) in [4.78, 5) is 5.05. The first-order valence-corrected chi connectivity index (χ1v) is 8.64. The first kappa shape index (κ1) is 14.8. The van der Waals surface area contributed by atoms with Gasteiger partial charge in [-0.2, -0.15) is 4.31 Å². The van der Waals surface area contributed by atoms with Gasteiger partial charge in [0, 0.05) is 35.1 Å². The molecule has 0 amide bonds. The van der Waals surface area contributed by atoms with Crippen LogP contribution in [-0.4, -0.2) is 55.8 Å². The SMILES string of the molecule is CN(C)[C@@H]1CCN(S(=O)(=O)c2cc3cc(Cl)ccc3[nH]2)C1. The molecule has 0 aliphatic carbocycles. The van der Waals surface area contributed by atoms with Crippen LogP contribution in [-0.2, 0) is 10.0 Å². The van der Waals surface area contributed by atoms with E-state index in [-0.39, 0.29) is 11.1 Å². The third kappa shape index (κ3) is 2.68. The number of sulfonamides is 1. The van der Waals surface area contributed by atoms with Gasteiger partial charge in [-0.05, 0) is 44.8 Å². The number of rotatable bonds is 3. The third-order valence-electron chi connectivity index (χ3n) is 4.03. The molecule has 1 N–H and O–H groups in total. The summed E-state index contributed by atoms with van der Waals surface area (Å²) >= 11 is 5.94. The second-order valence-electron chi connectivity index (χ2n) is 5.63. The molecule has 2 heterocycles. The number of nitrogens with one attached hydrogen (secondary N) is 1. The van der Waals surface area contributed by atoms with E-state index in [9.17, 15) is 8.42 Å². The van der Waals surface area contributed by atoms with E-state index in [4.69, 9.17) is 11.6 Å². The molecule has 0 bridgehead atoms. The lowest BCUT2D eigenvalue weighted by molar-refractivity contribution is 0.302. The molecule has 2 aromatic rings. The van der Waals surface area contributed by atoms with Crippen molar-refractivity contribution < 1.29 is 8.42 Å². The number of hydrogen-bond acceptors (Lipinski definition) is 3. The monoisotopic (exact) mass is 327 g/mol. The van der Waals surface area contributed by atoms with Gasteiger partial charge in [0.1, 0.15) is 5.03 Å². The number of halogens is 1. The van der Waals surface area contributed by atoms with Gasteiger partial charge in [0.2, 0.25) is 0 Å². The number of H-pyrrole nitrogens is 1. The first-order chi connectivity index (χ1) is 9.88. The molecule has 3 rings (SSSR count).